The number of methoxy groups -OCH3 is 1. The largest absolute Gasteiger partial charge is 0.494 e. The van der Waals surface area contributed by atoms with Gasteiger partial charge >= 0.3 is 0 Å². The third-order valence-electron chi connectivity index (χ3n) is 2.31. The van der Waals surface area contributed by atoms with E-state index in [-0.39, 0.29) is 12.4 Å². The Morgan fingerprint density at radius 3 is 2.44 bits per heavy atom. The van der Waals surface area contributed by atoms with Crippen LogP contribution in [0.3, 0.4) is 0 Å². The van der Waals surface area contributed by atoms with Crippen molar-refractivity contribution in [1.82, 2.24) is 0 Å². The van der Waals surface area contributed by atoms with Crippen molar-refractivity contribution in [2.45, 2.75) is 13.3 Å². The summed E-state index contributed by atoms with van der Waals surface area (Å²) in [5.74, 6) is 0.752. The average molecular weight is 252 g/mol. The Balaban J connectivity index is 2.38. The summed E-state index contributed by atoms with van der Waals surface area (Å²) in [5.41, 5.74) is 0.635. The lowest BCUT2D eigenvalue weighted by atomic mass is 10.1. The first-order chi connectivity index (χ1) is 8.77. The predicted octanol–water partition coefficient (Wildman–Crippen LogP) is 2.32. The fraction of sp³-hybridized carbons (Fsp3) is 0.500. The van der Waals surface area contributed by atoms with Crippen LogP contribution in [0.5, 0.6) is 5.75 Å². The van der Waals surface area contributed by atoms with Gasteiger partial charge in [0.2, 0.25) is 0 Å². The fourth-order valence-corrected chi connectivity index (χ4v) is 1.35. The molecular weight excluding hydrogens is 232 g/mol. The van der Waals surface area contributed by atoms with Crippen molar-refractivity contribution >= 4 is 5.78 Å². The number of carbonyl (C=O) groups is 1. The molecule has 0 aliphatic carbocycles. The zero-order chi connectivity index (χ0) is 13.2. The number of ether oxygens (including phenoxy) is 3. The molecule has 0 saturated carbocycles. The van der Waals surface area contributed by atoms with Crippen LogP contribution in [0.25, 0.3) is 0 Å². The molecule has 0 aromatic heterocycles. The van der Waals surface area contributed by atoms with E-state index in [0.717, 1.165) is 12.2 Å². The van der Waals surface area contributed by atoms with E-state index in [1.54, 1.807) is 31.4 Å². The standard InChI is InChI=1S/C14H20O4/c1-3-8-18-13-6-4-12(5-7-13)14(15)11-17-10-9-16-2/h4-7H,3,8-11H2,1-2H3. The maximum atomic E-state index is 11.7. The van der Waals surface area contributed by atoms with Crippen LogP contribution in [0, 0.1) is 0 Å². The molecule has 4 heteroatoms. The maximum Gasteiger partial charge on any atom is 0.188 e. The van der Waals surface area contributed by atoms with Gasteiger partial charge in [-0.15, -0.1) is 0 Å². The fourth-order valence-electron chi connectivity index (χ4n) is 1.35. The molecule has 0 heterocycles. The summed E-state index contributed by atoms with van der Waals surface area (Å²) in [6.07, 6.45) is 0.966. The number of benzene rings is 1. The Labute approximate surface area is 108 Å². The van der Waals surface area contributed by atoms with Gasteiger partial charge in [-0.2, -0.15) is 0 Å². The Hall–Kier alpha value is -1.39. The highest BCUT2D eigenvalue weighted by Gasteiger charge is 2.05. The van der Waals surface area contributed by atoms with E-state index in [2.05, 4.69) is 6.92 Å². The summed E-state index contributed by atoms with van der Waals surface area (Å²) in [5, 5.41) is 0. The van der Waals surface area contributed by atoms with Crippen LogP contribution in [-0.2, 0) is 9.47 Å². The van der Waals surface area contributed by atoms with Crippen molar-refractivity contribution < 1.29 is 19.0 Å². The van der Waals surface area contributed by atoms with E-state index in [1.807, 2.05) is 0 Å². The lowest BCUT2D eigenvalue weighted by Crippen LogP contribution is -2.12. The van der Waals surface area contributed by atoms with E-state index in [4.69, 9.17) is 14.2 Å². The van der Waals surface area contributed by atoms with E-state index in [0.29, 0.717) is 25.4 Å². The number of Topliss-reactive ketones (excluding diaryl/α,β-unsaturated/α-hetero) is 1. The van der Waals surface area contributed by atoms with Crippen molar-refractivity contribution in [2.24, 2.45) is 0 Å². The summed E-state index contributed by atoms with van der Waals surface area (Å²) in [6.45, 7) is 3.75. The average Bonchev–Trinajstić information content (AvgIpc) is 2.41. The Morgan fingerprint density at radius 1 is 1.11 bits per heavy atom. The van der Waals surface area contributed by atoms with E-state index in [1.165, 1.54) is 0 Å². The second kappa shape index (κ2) is 8.66. The molecule has 1 aromatic carbocycles. The molecule has 0 spiro atoms. The normalized spacial score (nSPS) is 10.3. The summed E-state index contributed by atoms with van der Waals surface area (Å²) < 4.78 is 15.5. The third kappa shape index (κ3) is 5.29. The van der Waals surface area contributed by atoms with Gasteiger partial charge in [0.25, 0.3) is 0 Å². The van der Waals surface area contributed by atoms with Crippen molar-refractivity contribution in [3.63, 3.8) is 0 Å². The highest BCUT2D eigenvalue weighted by atomic mass is 16.5. The van der Waals surface area contributed by atoms with Crippen LogP contribution in [0.15, 0.2) is 24.3 Å². The smallest absolute Gasteiger partial charge is 0.188 e. The van der Waals surface area contributed by atoms with Crippen molar-refractivity contribution in [1.29, 1.82) is 0 Å². The summed E-state index contributed by atoms with van der Waals surface area (Å²) in [4.78, 5) is 11.7. The molecule has 0 unspecified atom stereocenters. The van der Waals surface area contributed by atoms with Crippen LogP contribution in [-0.4, -0.2) is 39.3 Å². The minimum atomic E-state index is -0.0341. The molecule has 4 nitrogen and oxygen atoms in total. The molecule has 100 valence electrons. The first-order valence-electron chi connectivity index (χ1n) is 6.10. The molecular formula is C14H20O4. The van der Waals surface area contributed by atoms with Crippen LogP contribution in [0.4, 0.5) is 0 Å². The first-order valence-corrected chi connectivity index (χ1v) is 6.10. The van der Waals surface area contributed by atoms with Crippen molar-refractivity contribution in [3.8, 4) is 5.75 Å². The van der Waals surface area contributed by atoms with Gasteiger partial charge in [-0.3, -0.25) is 4.79 Å². The summed E-state index contributed by atoms with van der Waals surface area (Å²) >= 11 is 0. The molecule has 1 rings (SSSR count). The highest BCUT2D eigenvalue weighted by molar-refractivity contribution is 5.97. The number of hydrogen-bond donors (Lipinski definition) is 0. The number of ketones is 1. The molecule has 0 amide bonds. The molecule has 0 fully saturated rings. The van der Waals surface area contributed by atoms with Gasteiger partial charge in [-0.1, -0.05) is 6.92 Å². The Kier molecular flexibility index (Phi) is 7.06. The SMILES string of the molecule is CCCOc1ccc(C(=O)COCCOC)cc1. The first kappa shape index (κ1) is 14.7. The molecule has 0 radical (unpaired) electrons. The minimum absolute atomic E-state index is 0.0341. The molecule has 18 heavy (non-hydrogen) atoms. The van der Waals surface area contributed by atoms with E-state index < -0.39 is 0 Å². The number of carbonyl (C=O) groups excluding carboxylic acids is 1. The summed E-state index contributed by atoms with van der Waals surface area (Å²) in [6, 6.07) is 7.12. The van der Waals surface area contributed by atoms with Crippen LogP contribution >= 0.6 is 0 Å². The molecule has 0 N–H and O–H groups in total. The van der Waals surface area contributed by atoms with E-state index in [9.17, 15) is 4.79 Å². The van der Waals surface area contributed by atoms with Gasteiger partial charge in [-0.05, 0) is 30.7 Å². The zero-order valence-electron chi connectivity index (χ0n) is 11.0. The second-order valence-corrected chi connectivity index (χ2v) is 3.84. The number of rotatable bonds is 9. The van der Waals surface area contributed by atoms with Crippen LogP contribution in [0.1, 0.15) is 23.7 Å². The minimum Gasteiger partial charge on any atom is -0.494 e. The summed E-state index contributed by atoms with van der Waals surface area (Å²) in [7, 11) is 1.60. The molecule has 0 saturated heterocycles. The highest BCUT2D eigenvalue weighted by Crippen LogP contribution is 2.12. The maximum absolute atomic E-state index is 11.7. The van der Waals surface area contributed by atoms with Gasteiger partial charge < -0.3 is 14.2 Å². The third-order valence-corrected chi connectivity index (χ3v) is 2.31. The lowest BCUT2D eigenvalue weighted by molar-refractivity contribution is 0.0577. The molecule has 0 bridgehead atoms. The van der Waals surface area contributed by atoms with Gasteiger partial charge in [0.1, 0.15) is 12.4 Å². The van der Waals surface area contributed by atoms with Crippen LogP contribution in [0.2, 0.25) is 0 Å². The Morgan fingerprint density at radius 2 is 1.83 bits per heavy atom. The lowest BCUT2D eigenvalue weighted by Gasteiger charge is -2.06. The predicted molar refractivity (Wildman–Crippen MR) is 69.3 cm³/mol. The van der Waals surface area contributed by atoms with Crippen LogP contribution < -0.4 is 4.74 Å². The van der Waals surface area contributed by atoms with Gasteiger partial charge in [0.05, 0.1) is 19.8 Å². The topological polar surface area (TPSA) is 44.8 Å². The van der Waals surface area contributed by atoms with Gasteiger partial charge in [0, 0.05) is 12.7 Å². The second-order valence-electron chi connectivity index (χ2n) is 3.84. The molecule has 0 aliphatic rings. The van der Waals surface area contributed by atoms with Crippen molar-refractivity contribution in [2.75, 3.05) is 33.5 Å². The quantitative estimate of drug-likeness (QED) is 0.500. The Bertz CT molecular complexity index is 345. The van der Waals surface area contributed by atoms with Crippen molar-refractivity contribution in [3.05, 3.63) is 29.8 Å². The zero-order valence-corrected chi connectivity index (χ0v) is 11.0. The molecule has 0 atom stereocenters. The molecule has 0 aliphatic heterocycles. The monoisotopic (exact) mass is 252 g/mol. The van der Waals surface area contributed by atoms with Gasteiger partial charge in [-0.25, -0.2) is 0 Å². The molecule has 1 aromatic rings. The number of hydrogen-bond acceptors (Lipinski definition) is 4. The van der Waals surface area contributed by atoms with Gasteiger partial charge in [0.15, 0.2) is 5.78 Å². The van der Waals surface area contributed by atoms with E-state index >= 15 is 0 Å².